The number of piperazine rings is 1. The highest BCUT2D eigenvalue weighted by Gasteiger charge is 2.35. The topological polar surface area (TPSA) is 73.0 Å². The van der Waals surface area contributed by atoms with Crippen molar-refractivity contribution in [2.75, 3.05) is 31.1 Å². The quantitative estimate of drug-likeness (QED) is 0.322. The minimum atomic E-state index is -0.415. The Hall–Kier alpha value is -2.84. The predicted octanol–water partition coefficient (Wildman–Crippen LogP) is 6.39. The molecule has 2 aliphatic rings. The normalized spacial score (nSPS) is 20.8. The van der Waals surface area contributed by atoms with Crippen molar-refractivity contribution in [3.63, 3.8) is 0 Å². The Bertz CT molecular complexity index is 1350. The minimum absolute atomic E-state index is 0. The molecule has 2 fully saturated rings. The molecule has 2 heterocycles. The van der Waals surface area contributed by atoms with E-state index in [-0.39, 0.29) is 54.5 Å². The van der Waals surface area contributed by atoms with E-state index in [1.54, 1.807) is 18.2 Å². The molecule has 3 atom stereocenters. The molecule has 1 amide bonds. The van der Waals surface area contributed by atoms with Gasteiger partial charge in [-0.25, -0.2) is 4.39 Å². The fourth-order valence-electron chi connectivity index (χ4n) is 6.38. The number of aromatic hydroxyl groups is 1. The number of piperidine rings is 1. The van der Waals surface area contributed by atoms with Gasteiger partial charge in [-0.2, -0.15) is 0 Å². The minimum Gasteiger partial charge on any atom is -0.508 e. The molecule has 0 saturated carbocycles. The van der Waals surface area contributed by atoms with E-state index in [1.807, 2.05) is 30.3 Å². The molecule has 0 bridgehead atoms. The number of carbonyl (C=O) groups is 1. The third kappa shape index (κ3) is 7.56. The van der Waals surface area contributed by atoms with E-state index in [0.29, 0.717) is 18.0 Å². The van der Waals surface area contributed by atoms with Gasteiger partial charge in [0.25, 0.3) is 5.91 Å². The molecule has 42 heavy (non-hydrogen) atoms. The van der Waals surface area contributed by atoms with Gasteiger partial charge in [0.15, 0.2) is 0 Å². The molecule has 228 valence electrons. The van der Waals surface area contributed by atoms with Crippen LogP contribution >= 0.6 is 24.8 Å². The van der Waals surface area contributed by atoms with Gasteiger partial charge in [0.05, 0.1) is 11.6 Å². The third-order valence-corrected chi connectivity index (χ3v) is 8.68. The molecule has 0 aliphatic carbocycles. The number of phenolic OH excluding ortho intramolecular Hbond substituents is 1. The molecular weight excluding hydrogens is 574 g/mol. The molecular formula is C33H43Cl2FN4O2. The molecule has 3 aromatic rings. The van der Waals surface area contributed by atoms with Gasteiger partial charge in [0, 0.05) is 50.5 Å². The summed E-state index contributed by atoms with van der Waals surface area (Å²) in [5, 5.41) is 10.4. The number of amides is 1. The van der Waals surface area contributed by atoms with Gasteiger partial charge in [-0.05, 0) is 85.7 Å². The second-order valence-corrected chi connectivity index (χ2v) is 11.8. The Balaban J connectivity index is 0.00000242. The Morgan fingerprint density at radius 3 is 2.29 bits per heavy atom. The van der Waals surface area contributed by atoms with Crippen LogP contribution in [0.2, 0.25) is 0 Å². The van der Waals surface area contributed by atoms with Crippen LogP contribution in [0.4, 0.5) is 10.1 Å². The first-order valence-corrected chi connectivity index (χ1v) is 14.4. The van der Waals surface area contributed by atoms with Crippen molar-refractivity contribution >= 4 is 36.4 Å². The number of hydrogen-bond donors (Lipinski definition) is 2. The number of hydrogen-bond acceptors (Lipinski definition) is 5. The van der Waals surface area contributed by atoms with Crippen LogP contribution in [0.1, 0.15) is 66.7 Å². The highest BCUT2D eigenvalue weighted by molar-refractivity contribution is 5.99. The highest BCUT2D eigenvalue weighted by Crippen LogP contribution is 2.38. The number of rotatable bonds is 7. The Kier molecular flexibility index (Phi) is 11.7. The SMILES string of the molecule is CC1CCN(c2cc(C(c3cccc(O)c3)N3C[C@@H](C)N(Cc4cccc(F)c4)C[C@@H]3C)ccc2C(N)=O)CC1.Cl.Cl. The number of halogens is 3. The van der Waals surface area contributed by atoms with E-state index in [0.717, 1.165) is 61.4 Å². The van der Waals surface area contributed by atoms with Crippen LogP contribution in [0, 0.1) is 11.7 Å². The number of primary amides is 1. The molecule has 0 radical (unpaired) electrons. The first-order chi connectivity index (χ1) is 19.2. The number of nitrogens with two attached hydrogens (primary N) is 1. The summed E-state index contributed by atoms with van der Waals surface area (Å²) in [6.07, 6.45) is 2.17. The lowest BCUT2D eigenvalue weighted by atomic mass is 9.91. The van der Waals surface area contributed by atoms with E-state index >= 15 is 0 Å². The summed E-state index contributed by atoms with van der Waals surface area (Å²) in [4.78, 5) is 19.6. The van der Waals surface area contributed by atoms with E-state index in [9.17, 15) is 14.3 Å². The van der Waals surface area contributed by atoms with E-state index < -0.39 is 5.91 Å². The lowest BCUT2D eigenvalue weighted by Crippen LogP contribution is -2.56. The van der Waals surface area contributed by atoms with Crippen molar-refractivity contribution < 1.29 is 14.3 Å². The Morgan fingerprint density at radius 2 is 1.62 bits per heavy atom. The predicted molar refractivity (Wildman–Crippen MR) is 172 cm³/mol. The van der Waals surface area contributed by atoms with Crippen LogP contribution in [0.15, 0.2) is 66.7 Å². The van der Waals surface area contributed by atoms with Crippen molar-refractivity contribution in [3.05, 3.63) is 94.8 Å². The average molecular weight is 618 g/mol. The van der Waals surface area contributed by atoms with Gasteiger partial charge in [-0.1, -0.05) is 37.3 Å². The van der Waals surface area contributed by atoms with Crippen molar-refractivity contribution in [2.45, 2.75) is 58.3 Å². The molecule has 5 rings (SSSR count). The number of benzene rings is 3. The van der Waals surface area contributed by atoms with Crippen molar-refractivity contribution in [1.29, 1.82) is 0 Å². The maximum absolute atomic E-state index is 13.9. The molecule has 3 aromatic carbocycles. The third-order valence-electron chi connectivity index (χ3n) is 8.68. The van der Waals surface area contributed by atoms with Crippen LogP contribution in [0.5, 0.6) is 5.75 Å². The molecule has 2 aliphatic heterocycles. The zero-order valence-corrected chi connectivity index (χ0v) is 26.2. The summed E-state index contributed by atoms with van der Waals surface area (Å²) >= 11 is 0. The van der Waals surface area contributed by atoms with Crippen LogP contribution in [0.25, 0.3) is 0 Å². The summed E-state index contributed by atoms with van der Waals surface area (Å²) in [6, 6.07) is 20.6. The maximum atomic E-state index is 13.9. The monoisotopic (exact) mass is 616 g/mol. The second kappa shape index (κ2) is 14.6. The van der Waals surface area contributed by atoms with Crippen LogP contribution in [-0.4, -0.2) is 59.1 Å². The fraction of sp³-hybridized carbons (Fsp3) is 0.424. The molecule has 0 spiro atoms. The first-order valence-electron chi connectivity index (χ1n) is 14.4. The van der Waals surface area contributed by atoms with Gasteiger partial charge in [-0.15, -0.1) is 24.8 Å². The zero-order chi connectivity index (χ0) is 28.4. The Morgan fingerprint density at radius 1 is 0.929 bits per heavy atom. The molecule has 1 unspecified atom stereocenters. The maximum Gasteiger partial charge on any atom is 0.250 e. The fourth-order valence-corrected chi connectivity index (χ4v) is 6.38. The zero-order valence-electron chi connectivity index (χ0n) is 24.6. The summed E-state index contributed by atoms with van der Waals surface area (Å²) in [5.41, 5.74) is 10.3. The van der Waals surface area contributed by atoms with E-state index in [2.05, 4.69) is 47.6 Å². The van der Waals surface area contributed by atoms with Crippen LogP contribution < -0.4 is 10.6 Å². The van der Waals surface area contributed by atoms with Crippen molar-refractivity contribution in [3.8, 4) is 5.75 Å². The van der Waals surface area contributed by atoms with Crippen molar-refractivity contribution in [2.24, 2.45) is 11.7 Å². The summed E-state index contributed by atoms with van der Waals surface area (Å²) in [5.74, 6) is 0.274. The summed E-state index contributed by atoms with van der Waals surface area (Å²) in [6.45, 7) is 10.8. The number of carbonyl (C=O) groups excluding carboxylic acids is 1. The lowest BCUT2D eigenvalue weighted by molar-refractivity contribution is 0.0195. The number of anilines is 1. The van der Waals surface area contributed by atoms with Gasteiger partial charge in [-0.3, -0.25) is 14.6 Å². The largest absolute Gasteiger partial charge is 0.508 e. The molecule has 3 N–H and O–H groups in total. The van der Waals surface area contributed by atoms with E-state index in [4.69, 9.17) is 5.73 Å². The molecule has 0 aromatic heterocycles. The Labute approximate surface area is 261 Å². The molecule has 9 heteroatoms. The summed E-state index contributed by atoms with van der Waals surface area (Å²) < 4.78 is 13.9. The van der Waals surface area contributed by atoms with Crippen LogP contribution in [-0.2, 0) is 6.54 Å². The lowest BCUT2D eigenvalue weighted by Gasteiger charge is -2.48. The van der Waals surface area contributed by atoms with E-state index in [1.165, 1.54) is 6.07 Å². The van der Waals surface area contributed by atoms with Gasteiger partial charge >= 0.3 is 0 Å². The second-order valence-electron chi connectivity index (χ2n) is 11.8. The van der Waals surface area contributed by atoms with Gasteiger partial charge in [0.2, 0.25) is 0 Å². The van der Waals surface area contributed by atoms with Crippen molar-refractivity contribution in [1.82, 2.24) is 9.80 Å². The first kappa shape index (κ1) is 33.7. The molecule has 2 saturated heterocycles. The standard InChI is InChI=1S/C33H41FN4O2.2ClH/c1-22-12-14-36(15-13-22)31-18-27(10-11-30(31)33(35)40)32(26-7-5-9-29(39)17-26)38-20-23(2)37(19-24(38)3)21-25-6-4-8-28(34)16-25;;/h4-11,16-18,22-24,32,39H,12-15,19-21H2,1-3H3,(H2,35,40);2*1H/t23-,24+,32?;;/m1../s1. The highest BCUT2D eigenvalue weighted by atomic mass is 35.5. The van der Waals surface area contributed by atoms with Gasteiger partial charge < -0.3 is 15.7 Å². The number of phenols is 1. The van der Waals surface area contributed by atoms with Gasteiger partial charge in [0.1, 0.15) is 11.6 Å². The van der Waals surface area contributed by atoms with Crippen LogP contribution in [0.3, 0.4) is 0 Å². The smallest absolute Gasteiger partial charge is 0.250 e. The average Bonchev–Trinajstić information content (AvgIpc) is 2.92. The number of nitrogens with zero attached hydrogens (tertiary/aromatic N) is 3. The summed E-state index contributed by atoms with van der Waals surface area (Å²) in [7, 11) is 0. The molecule has 6 nitrogen and oxygen atoms in total.